The first-order chi connectivity index (χ1) is 7.79. The molecule has 0 saturated carbocycles. The summed E-state index contributed by atoms with van der Waals surface area (Å²) in [7, 11) is 0. The molecule has 5 heteroatoms. The van der Waals surface area contributed by atoms with E-state index in [0.717, 1.165) is 5.56 Å². The largest absolute Gasteiger partial charge is 0.506 e. The van der Waals surface area contributed by atoms with Crippen molar-refractivity contribution in [2.24, 2.45) is 0 Å². The third-order valence-corrected chi connectivity index (χ3v) is 2.15. The molecule has 0 unspecified atom stereocenters. The number of pyridine rings is 2. The topological polar surface area (TPSA) is 72.3 Å². The lowest BCUT2D eigenvalue weighted by Gasteiger charge is -2.02. The Hall–Kier alpha value is -2.17. The van der Waals surface area contributed by atoms with Crippen molar-refractivity contribution in [3.63, 3.8) is 0 Å². The van der Waals surface area contributed by atoms with Crippen LogP contribution in [-0.2, 0) is 16.0 Å². The molecule has 0 aliphatic carbocycles. The Morgan fingerprint density at radius 1 is 1.25 bits per heavy atom. The Morgan fingerprint density at radius 2 is 2.00 bits per heavy atom. The van der Waals surface area contributed by atoms with Gasteiger partial charge in [-0.05, 0) is 11.6 Å². The van der Waals surface area contributed by atoms with Crippen LogP contribution >= 0.6 is 0 Å². The van der Waals surface area contributed by atoms with Crippen molar-refractivity contribution in [1.82, 2.24) is 9.97 Å². The van der Waals surface area contributed by atoms with Crippen molar-refractivity contribution in [3.05, 3.63) is 30.1 Å². The zero-order chi connectivity index (χ0) is 11.4. The van der Waals surface area contributed by atoms with Gasteiger partial charge >= 0.3 is 0 Å². The number of aromatic nitrogens is 2. The number of rotatable bonds is 4. The van der Waals surface area contributed by atoms with Crippen molar-refractivity contribution in [2.75, 3.05) is 6.61 Å². The number of hydrogen-bond acceptors (Lipinski definition) is 5. The molecular weight excluding hydrogens is 208 g/mol. The van der Waals surface area contributed by atoms with Gasteiger partial charge in [-0.3, -0.25) is 14.8 Å². The van der Waals surface area contributed by atoms with Crippen molar-refractivity contribution >= 4 is 17.5 Å². The monoisotopic (exact) mass is 218 g/mol. The number of ether oxygens (including phenoxy) is 1. The van der Waals surface area contributed by atoms with Crippen molar-refractivity contribution in [2.45, 2.75) is 6.42 Å². The second kappa shape index (κ2) is 4.57. The number of nitrogens with zero attached hydrogens (tertiary/aromatic N) is 2. The van der Waals surface area contributed by atoms with Crippen LogP contribution in [-0.4, -0.2) is 28.2 Å². The van der Waals surface area contributed by atoms with Crippen molar-refractivity contribution < 1.29 is 14.6 Å². The zero-order valence-corrected chi connectivity index (χ0v) is 8.46. The number of hydrogen-bond donors (Lipinski definition) is 1. The van der Waals surface area contributed by atoms with Gasteiger partial charge in [0.2, 0.25) is 0 Å². The molecule has 0 spiro atoms. The van der Waals surface area contributed by atoms with Crippen LogP contribution in [0, 0.1) is 0 Å². The van der Waals surface area contributed by atoms with E-state index in [4.69, 9.17) is 0 Å². The second-order valence-corrected chi connectivity index (χ2v) is 3.29. The van der Waals surface area contributed by atoms with Crippen LogP contribution < -0.4 is 0 Å². The summed E-state index contributed by atoms with van der Waals surface area (Å²) in [5.74, 6) is 0.0945. The molecule has 5 nitrogen and oxygen atoms in total. The van der Waals surface area contributed by atoms with Crippen LogP contribution in [0.2, 0.25) is 0 Å². The highest BCUT2D eigenvalue weighted by Crippen LogP contribution is 2.16. The van der Waals surface area contributed by atoms with E-state index < -0.39 is 0 Å². The van der Waals surface area contributed by atoms with Crippen LogP contribution in [0.5, 0.6) is 5.75 Å². The quantitative estimate of drug-likeness (QED) is 0.613. The molecule has 2 heterocycles. The minimum Gasteiger partial charge on any atom is -0.506 e. The Balaban J connectivity index is 2.23. The molecule has 0 amide bonds. The third kappa shape index (κ3) is 2.25. The molecule has 0 aliphatic heterocycles. The Labute approximate surface area is 91.7 Å². The Morgan fingerprint density at radius 3 is 2.81 bits per heavy atom. The minimum absolute atomic E-state index is 0.0945. The van der Waals surface area contributed by atoms with Crippen LogP contribution in [0.4, 0.5) is 0 Å². The number of aromatic hydroxyl groups is 1. The fourth-order valence-electron chi connectivity index (χ4n) is 1.39. The number of carbonyl (C=O) groups excluding carboxylic acids is 1. The molecule has 0 radical (unpaired) electrons. The van der Waals surface area contributed by atoms with Crippen LogP contribution in [0.3, 0.4) is 0 Å². The van der Waals surface area contributed by atoms with Gasteiger partial charge in [0.15, 0.2) is 0 Å². The van der Waals surface area contributed by atoms with E-state index in [-0.39, 0.29) is 5.75 Å². The highest BCUT2D eigenvalue weighted by atomic mass is 16.5. The van der Waals surface area contributed by atoms with E-state index >= 15 is 0 Å². The Bertz CT molecular complexity index is 514. The number of fused-ring (bicyclic) bond motifs is 1. The molecule has 0 bridgehead atoms. The highest BCUT2D eigenvalue weighted by molar-refractivity contribution is 5.75. The molecule has 0 aromatic carbocycles. The number of carbonyl (C=O) groups is 1. The van der Waals surface area contributed by atoms with Gasteiger partial charge in [0.05, 0.1) is 23.8 Å². The van der Waals surface area contributed by atoms with E-state index in [2.05, 4.69) is 14.7 Å². The molecule has 2 rings (SSSR count). The maximum atomic E-state index is 9.97. The molecule has 82 valence electrons. The third-order valence-electron chi connectivity index (χ3n) is 2.15. The summed E-state index contributed by atoms with van der Waals surface area (Å²) in [6, 6.07) is 3.41. The van der Waals surface area contributed by atoms with Crippen LogP contribution in [0.15, 0.2) is 24.5 Å². The van der Waals surface area contributed by atoms with Gasteiger partial charge < -0.3 is 9.84 Å². The van der Waals surface area contributed by atoms with E-state index in [1.165, 1.54) is 6.20 Å². The lowest BCUT2D eigenvalue weighted by Crippen LogP contribution is -1.97. The summed E-state index contributed by atoms with van der Waals surface area (Å²) < 4.78 is 4.60. The fourth-order valence-corrected chi connectivity index (χ4v) is 1.39. The predicted molar refractivity (Wildman–Crippen MR) is 56.9 cm³/mol. The zero-order valence-electron chi connectivity index (χ0n) is 8.46. The van der Waals surface area contributed by atoms with E-state index in [1.54, 1.807) is 12.3 Å². The van der Waals surface area contributed by atoms with Gasteiger partial charge in [-0.15, -0.1) is 0 Å². The molecule has 1 N–H and O–H groups in total. The van der Waals surface area contributed by atoms with Crippen LogP contribution in [0.1, 0.15) is 5.56 Å². The van der Waals surface area contributed by atoms with Crippen molar-refractivity contribution in [1.29, 1.82) is 0 Å². The van der Waals surface area contributed by atoms with Gasteiger partial charge in [0.25, 0.3) is 6.47 Å². The Kier molecular flexibility index (Phi) is 2.95. The first-order valence-electron chi connectivity index (χ1n) is 4.78. The summed E-state index contributed by atoms with van der Waals surface area (Å²) >= 11 is 0. The van der Waals surface area contributed by atoms with Crippen LogP contribution in [0.25, 0.3) is 11.0 Å². The highest BCUT2D eigenvalue weighted by Gasteiger charge is 2.00. The first kappa shape index (κ1) is 10.4. The van der Waals surface area contributed by atoms with Gasteiger partial charge in [-0.2, -0.15) is 0 Å². The minimum atomic E-state index is 0.0945. The van der Waals surface area contributed by atoms with E-state index in [0.29, 0.717) is 30.5 Å². The molecule has 2 aromatic heterocycles. The summed E-state index contributed by atoms with van der Waals surface area (Å²) in [5, 5.41) is 9.21. The molecule has 2 aromatic rings. The maximum absolute atomic E-state index is 9.97. The van der Waals surface area contributed by atoms with Crippen molar-refractivity contribution in [3.8, 4) is 5.75 Å². The van der Waals surface area contributed by atoms with E-state index in [9.17, 15) is 9.90 Å². The summed E-state index contributed by atoms with van der Waals surface area (Å²) in [4.78, 5) is 18.2. The molecular formula is C11H10N2O3. The molecule has 0 atom stereocenters. The lowest BCUT2D eigenvalue weighted by molar-refractivity contribution is -0.128. The standard InChI is InChI=1S/C11H10N2O3/c14-7-16-2-1-8-3-10-11(12-5-8)4-9(15)6-13-10/h3-7,15H,1-2H2. The lowest BCUT2D eigenvalue weighted by atomic mass is 10.2. The molecule has 16 heavy (non-hydrogen) atoms. The fraction of sp³-hybridized carbons (Fsp3) is 0.182. The average Bonchev–Trinajstić information content (AvgIpc) is 2.29. The normalized spacial score (nSPS) is 10.2. The molecule has 0 fully saturated rings. The summed E-state index contributed by atoms with van der Waals surface area (Å²) in [5.41, 5.74) is 2.29. The molecule has 0 saturated heterocycles. The van der Waals surface area contributed by atoms with Gasteiger partial charge in [-0.1, -0.05) is 0 Å². The molecule has 0 aliphatic rings. The second-order valence-electron chi connectivity index (χ2n) is 3.29. The first-order valence-corrected chi connectivity index (χ1v) is 4.78. The van der Waals surface area contributed by atoms with Gasteiger partial charge in [-0.25, -0.2) is 0 Å². The van der Waals surface area contributed by atoms with Gasteiger partial charge in [0.1, 0.15) is 5.75 Å². The SMILES string of the molecule is O=COCCc1cnc2cc(O)cnc2c1. The predicted octanol–water partition coefficient (Wildman–Crippen LogP) is 1.05. The average molecular weight is 218 g/mol. The summed E-state index contributed by atoms with van der Waals surface area (Å²) in [6.07, 6.45) is 3.65. The van der Waals surface area contributed by atoms with E-state index in [1.807, 2.05) is 6.07 Å². The summed E-state index contributed by atoms with van der Waals surface area (Å²) in [6.45, 7) is 0.750. The van der Waals surface area contributed by atoms with Gasteiger partial charge in [0, 0.05) is 18.7 Å². The maximum Gasteiger partial charge on any atom is 0.293 e. The smallest absolute Gasteiger partial charge is 0.293 e.